The molecule has 5 nitrogen and oxygen atoms in total. The number of halogens is 4. The van der Waals surface area contributed by atoms with Crippen LogP contribution in [0, 0.1) is 17.5 Å². The van der Waals surface area contributed by atoms with Gasteiger partial charge in [0.25, 0.3) is 5.91 Å². The largest absolute Gasteiger partial charge is 0.449 e. The Balaban J connectivity index is 1.67. The van der Waals surface area contributed by atoms with E-state index in [2.05, 4.69) is 0 Å². The molecule has 1 amide bonds. The third-order valence-corrected chi connectivity index (χ3v) is 4.22. The van der Waals surface area contributed by atoms with Crippen molar-refractivity contribution in [3.8, 4) is 11.3 Å². The van der Waals surface area contributed by atoms with Crippen molar-refractivity contribution in [1.29, 1.82) is 0 Å². The zero-order valence-corrected chi connectivity index (χ0v) is 15.6. The van der Waals surface area contributed by atoms with E-state index in [9.17, 15) is 22.8 Å². The number of hydrogen-bond donors (Lipinski definition) is 1. The Bertz CT molecular complexity index is 1080. The number of carbonyl (C=O) groups is 2. The molecule has 1 atom stereocenters. The molecule has 29 heavy (non-hydrogen) atoms. The summed E-state index contributed by atoms with van der Waals surface area (Å²) in [6, 6.07) is 11.2. The molecule has 1 unspecified atom stereocenters. The predicted molar refractivity (Wildman–Crippen MR) is 99.0 cm³/mol. The maximum atomic E-state index is 13.6. The number of hydrogen-bond acceptors (Lipinski definition) is 4. The van der Waals surface area contributed by atoms with Crippen LogP contribution in [0.3, 0.4) is 0 Å². The van der Waals surface area contributed by atoms with Gasteiger partial charge in [0.2, 0.25) is 5.76 Å². The Kier molecular flexibility index (Phi) is 5.93. The standard InChI is InChI=1S/C20H13ClF3NO4/c1-10(19(26)25-14-7-6-13(22)17(23)18(14)24)28-20(27)16-9-8-15(29-16)11-4-2-3-5-12(11)21/h2-10H,1H3,(H,25,26). The number of amides is 1. The van der Waals surface area contributed by atoms with E-state index in [1.54, 1.807) is 24.3 Å². The van der Waals surface area contributed by atoms with Crippen molar-refractivity contribution in [3.05, 3.63) is 76.8 Å². The Hall–Kier alpha value is -3.26. The van der Waals surface area contributed by atoms with Crippen LogP contribution in [0.5, 0.6) is 0 Å². The van der Waals surface area contributed by atoms with Gasteiger partial charge in [0.05, 0.1) is 10.7 Å². The van der Waals surface area contributed by atoms with Gasteiger partial charge in [0.15, 0.2) is 23.6 Å². The third kappa shape index (κ3) is 4.43. The van der Waals surface area contributed by atoms with Gasteiger partial charge in [-0.15, -0.1) is 0 Å². The molecule has 1 aromatic heterocycles. The molecule has 3 aromatic rings. The maximum absolute atomic E-state index is 13.6. The first-order valence-corrected chi connectivity index (χ1v) is 8.65. The number of carbonyl (C=O) groups excluding carboxylic acids is 2. The summed E-state index contributed by atoms with van der Waals surface area (Å²) in [5, 5.41) is 2.45. The van der Waals surface area contributed by atoms with Gasteiger partial charge < -0.3 is 14.5 Å². The predicted octanol–water partition coefficient (Wildman–Crippen LogP) is 5.20. The number of benzene rings is 2. The van der Waals surface area contributed by atoms with Crippen LogP contribution in [-0.4, -0.2) is 18.0 Å². The van der Waals surface area contributed by atoms with E-state index in [4.69, 9.17) is 20.8 Å². The summed E-state index contributed by atoms with van der Waals surface area (Å²) in [7, 11) is 0. The van der Waals surface area contributed by atoms with E-state index in [1.807, 2.05) is 5.32 Å². The van der Waals surface area contributed by atoms with Crippen molar-refractivity contribution in [2.24, 2.45) is 0 Å². The lowest BCUT2D eigenvalue weighted by Crippen LogP contribution is -2.30. The van der Waals surface area contributed by atoms with Gasteiger partial charge >= 0.3 is 5.97 Å². The van der Waals surface area contributed by atoms with Crippen molar-refractivity contribution < 1.29 is 31.9 Å². The van der Waals surface area contributed by atoms with Gasteiger partial charge in [0.1, 0.15) is 5.76 Å². The highest BCUT2D eigenvalue weighted by Crippen LogP contribution is 2.29. The summed E-state index contributed by atoms with van der Waals surface area (Å²) >= 11 is 6.07. The highest BCUT2D eigenvalue weighted by atomic mass is 35.5. The summed E-state index contributed by atoms with van der Waals surface area (Å²) in [5.41, 5.74) is -0.0244. The molecule has 9 heteroatoms. The highest BCUT2D eigenvalue weighted by molar-refractivity contribution is 6.33. The Morgan fingerprint density at radius 2 is 1.76 bits per heavy atom. The van der Waals surface area contributed by atoms with Crippen molar-refractivity contribution >= 4 is 29.2 Å². The molecule has 0 saturated heterocycles. The Morgan fingerprint density at radius 3 is 2.48 bits per heavy atom. The molecule has 0 aliphatic carbocycles. The topological polar surface area (TPSA) is 68.5 Å². The minimum Gasteiger partial charge on any atom is -0.449 e. The second kappa shape index (κ2) is 8.40. The molecule has 0 saturated carbocycles. The van der Waals surface area contributed by atoms with E-state index < -0.39 is 41.1 Å². The first kappa shape index (κ1) is 20.5. The molecule has 1 heterocycles. The maximum Gasteiger partial charge on any atom is 0.375 e. The molecule has 0 spiro atoms. The molecular formula is C20H13ClF3NO4. The lowest BCUT2D eigenvalue weighted by atomic mass is 10.2. The summed E-state index contributed by atoms with van der Waals surface area (Å²) in [4.78, 5) is 24.3. The van der Waals surface area contributed by atoms with Crippen molar-refractivity contribution in [3.63, 3.8) is 0 Å². The second-order valence-electron chi connectivity index (χ2n) is 5.90. The van der Waals surface area contributed by atoms with Crippen LogP contribution >= 0.6 is 11.6 Å². The number of ether oxygens (including phenoxy) is 1. The van der Waals surface area contributed by atoms with Crippen LogP contribution in [0.1, 0.15) is 17.5 Å². The van der Waals surface area contributed by atoms with Crippen molar-refractivity contribution in [1.82, 2.24) is 0 Å². The minimum atomic E-state index is -1.73. The van der Waals surface area contributed by atoms with Gasteiger partial charge in [-0.05, 0) is 43.3 Å². The first-order valence-electron chi connectivity index (χ1n) is 8.28. The summed E-state index contributed by atoms with van der Waals surface area (Å²) in [5.74, 6) is -6.44. The van der Waals surface area contributed by atoms with E-state index in [-0.39, 0.29) is 5.76 Å². The number of anilines is 1. The van der Waals surface area contributed by atoms with Gasteiger partial charge in [-0.3, -0.25) is 4.79 Å². The smallest absolute Gasteiger partial charge is 0.375 e. The second-order valence-corrected chi connectivity index (χ2v) is 6.31. The van der Waals surface area contributed by atoms with Gasteiger partial charge in [0, 0.05) is 5.56 Å². The zero-order chi connectivity index (χ0) is 21.1. The fraction of sp³-hybridized carbons (Fsp3) is 0.100. The lowest BCUT2D eigenvalue weighted by molar-refractivity contribution is -0.123. The lowest BCUT2D eigenvalue weighted by Gasteiger charge is -2.13. The molecule has 0 radical (unpaired) electrons. The van der Waals surface area contributed by atoms with Crippen molar-refractivity contribution in [2.75, 3.05) is 5.32 Å². The van der Waals surface area contributed by atoms with E-state index >= 15 is 0 Å². The summed E-state index contributed by atoms with van der Waals surface area (Å²) in [6.07, 6.45) is -1.37. The van der Waals surface area contributed by atoms with E-state index in [0.29, 0.717) is 22.4 Å². The Morgan fingerprint density at radius 1 is 1.03 bits per heavy atom. The fourth-order valence-electron chi connectivity index (χ4n) is 2.38. The highest BCUT2D eigenvalue weighted by Gasteiger charge is 2.23. The minimum absolute atomic E-state index is 0.182. The van der Waals surface area contributed by atoms with E-state index in [1.165, 1.54) is 19.1 Å². The number of furan rings is 1. The average molecular weight is 424 g/mol. The monoisotopic (exact) mass is 423 g/mol. The molecule has 0 aliphatic rings. The van der Waals surface area contributed by atoms with Gasteiger partial charge in [-0.1, -0.05) is 23.7 Å². The molecule has 0 fully saturated rings. The van der Waals surface area contributed by atoms with Crippen LogP contribution in [0.4, 0.5) is 18.9 Å². The van der Waals surface area contributed by atoms with E-state index in [0.717, 1.165) is 6.07 Å². The third-order valence-electron chi connectivity index (χ3n) is 3.89. The van der Waals surface area contributed by atoms with Crippen LogP contribution in [0.25, 0.3) is 11.3 Å². The zero-order valence-electron chi connectivity index (χ0n) is 14.8. The molecule has 2 aromatic carbocycles. The van der Waals surface area contributed by atoms with Gasteiger partial charge in [-0.2, -0.15) is 0 Å². The molecule has 150 valence electrons. The first-order chi connectivity index (χ1) is 13.8. The fourth-order valence-corrected chi connectivity index (χ4v) is 2.61. The summed E-state index contributed by atoms with van der Waals surface area (Å²) in [6.45, 7) is 1.23. The number of rotatable bonds is 5. The molecule has 0 bridgehead atoms. The van der Waals surface area contributed by atoms with Gasteiger partial charge in [-0.25, -0.2) is 18.0 Å². The SMILES string of the molecule is CC(OC(=O)c1ccc(-c2ccccc2Cl)o1)C(=O)Nc1ccc(F)c(F)c1F. The van der Waals surface area contributed by atoms with Crippen LogP contribution in [0.2, 0.25) is 5.02 Å². The molecule has 1 N–H and O–H groups in total. The quantitative estimate of drug-likeness (QED) is 0.452. The molecule has 3 rings (SSSR count). The number of nitrogens with one attached hydrogen (secondary N) is 1. The van der Waals surface area contributed by atoms with Crippen LogP contribution in [0.15, 0.2) is 52.9 Å². The van der Waals surface area contributed by atoms with Crippen LogP contribution < -0.4 is 5.32 Å². The average Bonchev–Trinajstić information content (AvgIpc) is 3.18. The number of esters is 1. The molecule has 0 aliphatic heterocycles. The summed E-state index contributed by atoms with van der Waals surface area (Å²) < 4.78 is 50.2. The van der Waals surface area contributed by atoms with Crippen molar-refractivity contribution in [2.45, 2.75) is 13.0 Å². The van der Waals surface area contributed by atoms with Crippen LogP contribution in [-0.2, 0) is 9.53 Å². The Labute approximate surface area is 168 Å². The normalized spacial score (nSPS) is 11.8. The molecular weight excluding hydrogens is 411 g/mol.